The highest BCUT2D eigenvalue weighted by atomic mass is 79.9. The Balaban J connectivity index is 2.82. The lowest BCUT2D eigenvalue weighted by atomic mass is 10.2. The van der Waals surface area contributed by atoms with Crippen molar-refractivity contribution in [2.75, 3.05) is 0 Å². The molecule has 0 saturated heterocycles. The van der Waals surface area contributed by atoms with E-state index in [1.807, 2.05) is 6.92 Å². The van der Waals surface area contributed by atoms with Crippen molar-refractivity contribution in [1.82, 2.24) is 0 Å². The molecule has 1 unspecified atom stereocenters. The third kappa shape index (κ3) is 1.41. The Morgan fingerprint density at radius 1 is 1.80 bits per heavy atom. The summed E-state index contributed by atoms with van der Waals surface area (Å²) in [4.78, 5) is 0. The monoisotopic (exact) mass is 204 g/mol. The van der Waals surface area contributed by atoms with Crippen LogP contribution in [0, 0.1) is 0 Å². The lowest BCUT2D eigenvalue weighted by Gasteiger charge is -2.02. The van der Waals surface area contributed by atoms with E-state index in [0.29, 0.717) is 12.2 Å². The fourth-order valence-electron chi connectivity index (χ4n) is 0.729. The third-order valence-corrected chi connectivity index (χ3v) is 1.99. The molecule has 0 aromatic carbocycles. The normalized spacial score (nSPS) is 13.5. The van der Waals surface area contributed by atoms with Gasteiger partial charge in [0, 0.05) is 0 Å². The number of hydrogen-bond donors (Lipinski definition) is 1. The van der Waals surface area contributed by atoms with Gasteiger partial charge in [-0.1, -0.05) is 6.92 Å². The molecule has 1 aromatic rings. The van der Waals surface area contributed by atoms with E-state index in [4.69, 9.17) is 4.42 Å². The highest BCUT2D eigenvalue weighted by molar-refractivity contribution is 9.10. The van der Waals surface area contributed by atoms with E-state index in [9.17, 15) is 5.11 Å². The maximum absolute atomic E-state index is 9.28. The molecule has 0 bridgehead atoms. The first-order valence-electron chi connectivity index (χ1n) is 3.16. The Morgan fingerprint density at radius 2 is 2.50 bits per heavy atom. The maximum Gasteiger partial charge on any atom is 0.146 e. The molecule has 0 radical (unpaired) electrons. The maximum atomic E-state index is 9.28. The molecule has 10 heavy (non-hydrogen) atoms. The summed E-state index contributed by atoms with van der Waals surface area (Å²) >= 11 is 3.25. The van der Waals surface area contributed by atoms with Crippen LogP contribution in [0.3, 0.4) is 0 Å². The van der Waals surface area contributed by atoms with Gasteiger partial charge in [0.05, 0.1) is 10.7 Å². The van der Waals surface area contributed by atoms with Crippen molar-refractivity contribution in [3.05, 3.63) is 22.6 Å². The summed E-state index contributed by atoms with van der Waals surface area (Å²) in [6.07, 6.45) is 1.74. The minimum Gasteiger partial charge on any atom is -0.465 e. The van der Waals surface area contributed by atoms with E-state index in [1.54, 1.807) is 12.3 Å². The van der Waals surface area contributed by atoms with Crippen molar-refractivity contribution in [2.45, 2.75) is 19.4 Å². The zero-order valence-electron chi connectivity index (χ0n) is 5.67. The predicted octanol–water partition coefficient (Wildman–Crippen LogP) is 2.49. The standard InChI is InChI=1S/C7H9BrO2/c1-2-6(9)7-5(8)3-4-10-7/h3-4,6,9H,2H2,1H3. The van der Waals surface area contributed by atoms with Gasteiger partial charge in [-0.25, -0.2) is 0 Å². The van der Waals surface area contributed by atoms with Crippen molar-refractivity contribution in [3.63, 3.8) is 0 Å². The lowest BCUT2D eigenvalue weighted by Crippen LogP contribution is -1.92. The van der Waals surface area contributed by atoms with E-state index in [1.165, 1.54) is 0 Å². The fourth-order valence-corrected chi connectivity index (χ4v) is 1.19. The van der Waals surface area contributed by atoms with E-state index in [2.05, 4.69) is 15.9 Å². The first kappa shape index (κ1) is 7.82. The number of rotatable bonds is 2. The van der Waals surface area contributed by atoms with Gasteiger partial charge < -0.3 is 9.52 Å². The van der Waals surface area contributed by atoms with Gasteiger partial charge in [0.2, 0.25) is 0 Å². The first-order valence-corrected chi connectivity index (χ1v) is 3.96. The first-order chi connectivity index (χ1) is 4.75. The average Bonchev–Trinajstić information content (AvgIpc) is 2.34. The summed E-state index contributed by atoms with van der Waals surface area (Å²) in [5.74, 6) is 0.613. The minimum absolute atomic E-state index is 0.482. The smallest absolute Gasteiger partial charge is 0.146 e. The Labute approximate surface area is 68.0 Å². The summed E-state index contributed by atoms with van der Waals surface area (Å²) in [5, 5.41) is 9.28. The molecule has 0 aliphatic carbocycles. The quantitative estimate of drug-likeness (QED) is 0.804. The fraction of sp³-hybridized carbons (Fsp3) is 0.429. The van der Waals surface area contributed by atoms with Crippen LogP contribution in [-0.4, -0.2) is 5.11 Å². The van der Waals surface area contributed by atoms with E-state index in [0.717, 1.165) is 4.47 Å². The molecule has 0 spiro atoms. The van der Waals surface area contributed by atoms with Crippen LogP contribution in [-0.2, 0) is 0 Å². The second-order valence-electron chi connectivity index (χ2n) is 2.06. The van der Waals surface area contributed by atoms with Gasteiger partial charge in [-0.05, 0) is 28.4 Å². The summed E-state index contributed by atoms with van der Waals surface area (Å²) in [6, 6.07) is 1.77. The Bertz CT molecular complexity index is 207. The zero-order chi connectivity index (χ0) is 7.56. The molecule has 0 aliphatic rings. The van der Waals surface area contributed by atoms with Gasteiger partial charge in [0.25, 0.3) is 0 Å². The number of halogens is 1. The summed E-state index contributed by atoms with van der Waals surface area (Å²) < 4.78 is 5.86. The molecular formula is C7H9BrO2. The Kier molecular flexibility index (Phi) is 2.51. The summed E-state index contributed by atoms with van der Waals surface area (Å²) in [6.45, 7) is 1.90. The largest absolute Gasteiger partial charge is 0.465 e. The van der Waals surface area contributed by atoms with Gasteiger partial charge in [-0.15, -0.1) is 0 Å². The van der Waals surface area contributed by atoms with Crippen LogP contribution < -0.4 is 0 Å². The van der Waals surface area contributed by atoms with Crippen molar-refractivity contribution in [1.29, 1.82) is 0 Å². The number of hydrogen-bond acceptors (Lipinski definition) is 2. The van der Waals surface area contributed by atoms with Gasteiger partial charge >= 0.3 is 0 Å². The highest BCUT2D eigenvalue weighted by Gasteiger charge is 2.11. The summed E-state index contributed by atoms with van der Waals surface area (Å²) in [5.41, 5.74) is 0. The Hall–Kier alpha value is -0.280. The third-order valence-electron chi connectivity index (χ3n) is 1.33. The predicted molar refractivity (Wildman–Crippen MR) is 41.7 cm³/mol. The number of aliphatic hydroxyl groups is 1. The molecule has 1 heterocycles. The van der Waals surface area contributed by atoms with E-state index >= 15 is 0 Å². The second-order valence-corrected chi connectivity index (χ2v) is 2.91. The van der Waals surface area contributed by atoms with E-state index in [-0.39, 0.29) is 0 Å². The molecule has 1 rings (SSSR count). The minimum atomic E-state index is -0.482. The van der Waals surface area contributed by atoms with Crippen LogP contribution in [0.15, 0.2) is 21.2 Å². The van der Waals surface area contributed by atoms with Crippen LogP contribution in [0.5, 0.6) is 0 Å². The van der Waals surface area contributed by atoms with Gasteiger partial charge in [-0.3, -0.25) is 0 Å². The molecule has 0 saturated carbocycles. The molecule has 1 N–H and O–H groups in total. The van der Waals surface area contributed by atoms with Crippen LogP contribution >= 0.6 is 15.9 Å². The number of aliphatic hydroxyl groups excluding tert-OH is 1. The molecule has 1 aromatic heterocycles. The van der Waals surface area contributed by atoms with Crippen molar-refractivity contribution in [3.8, 4) is 0 Å². The van der Waals surface area contributed by atoms with Gasteiger partial charge in [-0.2, -0.15) is 0 Å². The Morgan fingerprint density at radius 3 is 2.90 bits per heavy atom. The zero-order valence-corrected chi connectivity index (χ0v) is 7.26. The molecule has 2 nitrogen and oxygen atoms in total. The van der Waals surface area contributed by atoms with Crippen LogP contribution in [0.25, 0.3) is 0 Å². The van der Waals surface area contributed by atoms with Crippen molar-refractivity contribution >= 4 is 15.9 Å². The van der Waals surface area contributed by atoms with Crippen molar-refractivity contribution in [2.24, 2.45) is 0 Å². The molecule has 56 valence electrons. The van der Waals surface area contributed by atoms with Crippen LogP contribution in [0.1, 0.15) is 25.2 Å². The van der Waals surface area contributed by atoms with Crippen LogP contribution in [0.4, 0.5) is 0 Å². The molecule has 0 aliphatic heterocycles. The van der Waals surface area contributed by atoms with Gasteiger partial charge in [0.15, 0.2) is 0 Å². The average molecular weight is 205 g/mol. The lowest BCUT2D eigenvalue weighted by molar-refractivity contribution is 0.145. The molecule has 0 amide bonds. The molecule has 0 fully saturated rings. The van der Waals surface area contributed by atoms with Crippen molar-refractivity contribution < 1.29 is 9.52 Å². The topological polar surface area (TPSA) is 33.4 Å². The van der Waals surface area contributed by atoms with Gasteiger partial charge in [0.1, 0.15) is 11.9 Å². The molecular weight excluding hydrogens is 196 g/mol. The SMILES string of the molecule is CCC(O)c1occc1Br. The molecule has 3 heteroatoms. The second kappa shape index (κ2) is 3.21. The highest BCUT2D eigenvalue weighted by Crippen LogP contribution is 2.25. The number of furan rings is 1. The summed E-state index contributed by atoms with van der Waals surface area (Å²) in [7, 11) is 0. The van der Waals surface area contributed by atoms with Crippen LogP contribution in [0.2, 0.25) is 0 Å². The van der Waals surface area contributed by atoms with E-state index < -0.39 is 6.10 Å². The molecule has 1 atom stereocenters.